The molecule has 0 amide bonds. The Morgan fingerprint density at radius 1 is 1.53 bits per heavy atom. The van der Waals surface area contributed by atoms with E-state index in [0.29, 0.717) is 5.56 Å². The summed E-state index contributed by atoms with van der Waals surface area (Å²) in [7, 11) is -3.58. The Labute approximate surface area is 87.7 Å². The van der Waals surface area contributed by atoms with Crippen molar-refractivity contribution in [1.82, 2.24) is 4.98 Å². The third-order valence-corrected chi connectivity index (χ3v) is 3.57. The fourth-order valence-corrected chi connectivity index (χ4v) is 2.06. The summed E-state index contributed by atoms with van der Waals surface area (Å²) >= 11 is 0. The summed E-state index contributed by atoms with van der Waals surface area (Å²) in [5.41, 5.74) is 0.347. The first-order chi connectivity index (χ1) is 6.88. The SMILES string of the molecule is CCS(=O)(=O)c1ncc(C)cc1C(=O)O. The molecular weight excluding hydrogens is 218 g/mol. The van der Waals surface area contributed by atoms with Crippen LogP contribution in [0.4, 0.5) is 0 Å². The number of pyridine rings is 1. The van der Waals surface area contributed by atoms with Gasteiger partial charge < -0.3 is 5.11 Å². The molecule has 0 aromatic carbocycles. The molecule has 0 saturated carbocycles. The third kappa shape index (κ3) is 2.33. The van der Waals surface area contributed by atoms with Crippen LogP contribution < -0.4 is 0 Å². The molecule has 1 aromatic heterocycles. The molecule has 0 bridgehead atoms. The molecule has 0 aliphatic rings. The van der Waals surface area contributed by atoms with E-state index in [-0.39, 0.29) is 16.3 Å². The van der Waals surface area contributed by atoms with E-state index < -0.39 is 15.8 Å². The number of nitrogens with zero attached hydrogens (tertiary/aromatic N) is 1. The molecule has 0 radical (unpaired) electrons. The number of carboxylic acid groups (broad SMARTS) is 1. The summed E-state index contributed by atoms with van der Waals surface area (Å²) in [6.07, 6.45) is 1.34. The number of carbonyl (C=O) groups is 1. The number of aromatic carboxylic acids is 1. The Hall–Kier alpha value is -1.43. The normalized spacial score (nSPS) is 11.3. The molecule has 0 aliphatic carbocycles. The van der Waals surface area contributed by atoms with E-state index in [1.165, 1.54) is 19.2 Å². The van der Waals surface area contributed by atoms with Crippen LogP contribution in [0.3, 0.4) is 0 Å². The minimum Gasteiger partial charge on any atom is -0.478 e. The number of aryl methyl sites for hydroxylation is 1. The number of hydrogen-bond donors (Lipinski definition) is 1. The Morgan fingerprint density at radius 2 is 2.13 bits per heavy atom. The Balaban J connectivity index is 3.49. The lowest BCUT2D eigenvalue weighted by Crippen LogP contribution is -2.13. The third-order valence-electron chi connectivity index (χ3n) is 1.89. The van der Waals surface area contributed by atoms with E-state index in [4.69, 9.17) is 5.11 Å². The second-order valence-electron chi connectivity index (χ2n) is 3.07. The van der Waals surface area contributed by atoms with E-state index >= 15 is 0 Å². The molecule has 6 heteroatoms. The molecule has 0 saturated heterocycles. The molecule has 5 nitrogen and oxygen atoms in total. The molecule has 1 heterocycles. The van der Waals surface area contributed by atoms with Gasteiger partial charge in [-0.05, 0) is 18.6 Å². The summed E-state index contributed by atoms with van der Waals surface area (Å²) in [5.74, 6) is -1.44. The van der Waals surface area contributed by atoms with Crippen molar-refractivity contribution < 1.29 is 18.3 Å². The fourth-order valence-electron chi connectivity index (χ4n) is 1.09. The average Bonchev–Trinajstić information content (AvgIpc) is 2.17. The predicted molar refractivity (Wildman–Crippen MR) is 53.7 cm³/mol. The number of hydrogen-bond acceptors (Lipinski definition) is 4. The van der Waals surface area contributed by atoms with Gasteiger partial charge in [0.05, 0.1) is 11.3 Å². The van der Waals surface area contributed by atoms with Gasteiger partial charge in [0.15, 0.2) is 14.9 Å². The lowest BCUT2D eigenvalue weighted by molar-refractivity contribution is 0.0691. The molecule has 0 atom stereocenters. The second kappa shape index (κ2) is 3.98. The zero-order chi connectivity index (χ0) is 11.6. The smallest absolute Gasteiger partial charge is 0.338 e. The van der Waals surface area contributed by atoms with Crippen molar-refractivity contribution in [2.45, 2.75) is 18.9 Å². The van der Waals surface area contributed by atoms with Gasteiger partial charge in [0, 0.05) is 6.20 Å². The lowest BCUT2D eigenvalue weighted by Gasteiger charge is -2.05. The average molecular weight is 229 g/mol. The first-order valence-electron chi connectivity index (χ1n) is 4.31. The number of sulfone groups is 1. The van der Waals surface area contributed by atoms with Crippen molar-refractivity contribution in [3.8, 4) is 0 Å². The largest absolute Gasteiger partial charge is 0.478 e. The molecule has 0 spiro atoms. The molecule has 82 valence electrons. The molecule has 0 aliphatic heterocycles. The number of carboxylic acids is 1. The molecule has 1 N–H and O–H groups in total. The molecule has 1 aromatic rings. The number of aromatic nitrogens is 1. The molecule has 15 heavy (non-hydrogen) atoms. The van der Waals surface area contributed by atoms with Crippen molar-refractivity contribution in [1.29, 1.82) is 0 Å². The maximum absolute atomic E-state index is 11.5. The lowest BCUT2D eigenvalue weighted by atomic mass is 10.2. The highest BCUT2D eigenvalue weighted by molar-refractivity contribution is 7.91. The van der Waals surface area contributed by atoms with Crippen LogP contribution in [-0.4, -0.2) is 30.2 Å². The van der Waals surface area contributed by atoms with Crippen molar-refractivity contribution >= 4 is 15.8 Å². The van der Waals surface area contributed by atoms with Gasteiger partial charge >= 0.3 is 5.97 Å². The summed E-state index contributed by atoms with van der Waals surface area (Å²) < 4.78 is 23.0. The van der Waals surface area contributed by atoms with Crippen molar-refractivity contribution in [2.24, 2.45) is 0 Å². The van der Waals surface area contributed by atoms with Crippen molar-refractivity contribution in [2.75, 3.05) is 5.75 Å². The molecular formula is C9H11NO4S. The summed E-state index contributed by atoms with van der Waals surface area (Å²) in [5, 5.41) is 8.49. The summed E-state index contributed by atoms with van der Waals surface area (Å²) in [6, 6.07) is 1.30. The highest BCUT2D eigenvalue weighted by Gasteiger charge is 2.22. The van der Waals surface area contributed by atoms with Gasteiger partial charge in [0.1, 0.15) is 0 Å². The zero-order valence-electron chi connectivity index (χ0n) is 8.39. The maximum Gasteiger partial charge on any atom is 0.338 e. The van der Waals surface area contributed by atoms with Gasteiger partial charge in [-0.25, -0.2) is 18.2 Å². The van der Waals surface area contributed by atoms with Crippen molar-refractivity contribution in [3.05, 3.63) is 23.4 Å². The van der Waals surface area contributed by atoms with E-state index in [1.807, 2.05) is 0 Å². The summed E-state index contributed by atoms with van der Waals surface area (Å²) in [6.45, 7) is 3.10. The van der Waals surface area contributed by atoms with Gasteiger partial charge in [-0.1, -0.05) is 6.92 Å². The van der Waals surface area contributed by atoms with Gasteiger partial charge in [0.2, 0.25) is 0 Å². The van der Waals surface area contributed by atoms with Crippen LogP contribution in [0.15, 0.2) is 17.3 Å². The standard InChI is InChI=1S/C9H11NO4S/c1-3-15(13,14)8-7(9(11)12)4-6(2)5-10-8/h4-5H,3H2,1-2H3,(H,11,12). The maximum atomic E-state index is 11.5. The zero-order valence-corrected chi connectivity index (χ0v) is 9.21. The Kier molecular flexibility index (Phi) is 3.09. The highest BCUT2D eigenvalue weighted by Crippen LogP contribution is 2.15. The monoisotopic (exact) mass is 229 g/mol. The first kappa shape index (κ1) is 11.6. The van der Waals surface area contributed by atoms with E-state index in [2.05, 4.69) is 4.98 Å². The topological polar surface area (TPSA) is 84.3 Å². The molecule has 1 rings (SSSR count). The van der Waals surface area contributed by atoms with E-state index in [0.717, 1.165) is 0 Å². The first-order valence-corrected chi connectivity index (χ1v) is 5.96. The quantitative estimate of drug-likeness (QED) is 0.831. The van der Waals surface area contributed by atoms with Crippen LogP contribution in [-0.2, 0) is 9.84 Å². The minimum atomic E-state index is -3.58. The van der Waals surface area contributed by atoms with E-state index in [1.54, 1.807) is 6.92 Å². The highest BCUT2D eigenvalue weighted by atomic mass is 32.2. The second-order valence-corrected chi connectivity index (χ2v) is 5.27. The van der Waals surface area contributed by atoms with Gasteiger partial charge in [-0.3, -0.25) is 0 Å². The fraction of sp³-hybridized carbons (Fsp3) is 0.333. The Bertz CT molecular complexity index is 493. The number of rotatable bonds is 3. The van der Waals surface area contributed by atoms with Crippen LogP contribution in [0.1, 0.15) is 22.8 Å². The van der Waals surface area contributed by atoms with Crippen LogP contribution in [0.25, 0.3) is 0 Å². The summed E-state index contributed by atoms with van der Waals surface area (Å²) in [4.78, 5) is 14.5. The van der Waals surface area contributed by atoms with Gasteiger partial charge in [-0.2, -0.15) is 0 Å². The van der Waals surface area contributed by atoms with Crippen LogP contribution in [0.5, 0.6) is 0 Å². The van der Waals surface area contributed by atoms with Crippen LogP contribution in [0.2, 0.25) is 0 Å². The molecule has 0 fully saturated rings. The van der Waals surface area contributed by atoms with Gasteiger partial charge in [-0.15, -0.1) is 0 Å². The minimum absolute atomic E-state index is 0.163. The Morgan fingerprint density at radius 3 is 2.60 bits per heavy atom. The van der Waals surface area contributed by atoms with Gasteiger partial charge in [0.25, 0.3) is 0 Å². The molecule has 0 unspecified atom stereocenters. The van der Waals surface area contributed by atoms with Crippen molar-refractivity contribution in [3.63, 3.8) is 0 Å². The van der Waals surface area contributed by atoms with E-state index in [9.17, 15) is 13.2 Å². The van der Waals surface area contributed by atoms with Crippen LogP contribution >= 0.6 is 0 Å². The van der Waals surface area contributed by atoms with Crippen LogP contribution in [0, 0.1) is 6.92 Å². The predicted octanol–water partition coefficient (Wildman–Crippen LogP) is 0.882.